The zero-order chi connectivity index (χ0) is 43.3. The molecule has 3 saturated carbocycles. The average molecular weight is 837 g/mol. The fourth-order valence-electron chi connectivity index (χ4n) is 12.6. The number of aliphatic hydroxyl groups is 3. The Labute approximate surface area is 366 Å². The summed E-state index contributed by atoms with van der Waals surface area (Å²) in [7, 11) is 0. The number of hydrogen-bond donors (Lipinski definition) is 3. The van der Waals surface area contributed by atoms with Crippen LogP contribution in [-0.4, -0.2) is 64.7 Å². The topological polar surface area (TPSA) is 105 Å². The molecule has 5 aliphatic rings. The summed E-state index contributed by atoms with van der Waals surface area (Å²) >= 11 is 0. The molecule has 1 saturated heterocycles. The van der Waals surface area contributed by atoms with Crippen LogP contribution in [-0.2, 0) is 19.0 Å². The Hall–Kier alpha value is -1.77. The summed E-state index contributed by atoms with van der Waals surface area (Å²) in [4.78, 5) is 12.6. The highest BCUT2D eigenvalue weighted by Crippen LogP contribution is 2.67. The Balaban J connectivity index is 1.03. The van der Waals surface area contributed by atoms with Gasteiger partial charge in [0.05, 0.1) is 6.10 Å². The minimum Gasteiger partial charge on any atom is -0.463 e. The van der Waals surface area contributed by atoms with Gasteiger partial charge in [0.2, 0.25) is 0 Å². The van der Waals surface area contributed by atoms with E-state index in [2.05, 4.69) is 91.0 Å². The quantitative estimate of drug-likeness (QED) is 0.0535. The van der Waals surface area contributed by atoms with Gasteiger partial charge >= 0.3 is 5.97 Å². The molecule has 7 heteroatoms. The van der Waals surface area contributed by atoms with E-state index in [9.17, 15) is 20.1 Å². The summed E-state index contributed by atoms with van der Waals surface area (Å²) in [5, 5.41) is 32.5. The number of carbonyl (C=O) groups is 1. The Kier molecular flexibility index (Phi) is 19.5. The molecular weight excluding hydrogens is 749 g/mol. The number of hydrogen-bond acceptors (Lipinski definition) is 7. The molecule has 0 amide bonds. The molecule has 0 bridgehead atoms. The van der Waals surface area contributed by atoms with Gasteiger partial charge in [-0.05, 0) is 149 Å². The van der Waals surface area contributed by atoms with Crippen molar-refractivity contribution in [3.8, 4) is 0 Å². The first kappa shape index (κ1) is 49.2. The van der Waals surface area contributed by atoms with Gasteiger partial charge in [-0.25, -0.2) is 0 Å². The van der Waals surface area contributed by atoms with Crippen molar-refractivity contribution in [2.24, 2.45) is 52.3 Å². The predicted molar refractivity (Wildman–Crippen MR) is 244 cm³/mol. The smallest absolute Gasteiger partial charge is 0.305 e. The third-order valence-corrected chi connectivity index (χ3v) is 16.5. The summed E-state index contributed by atoms with van der Waals surface area (Å²) in [6.07, 6.45) is 33.2. The molecule has 342 valence electrons. The maximum absolute atomic E-state index is 12.6. The Morgan fingerprint density at radius 1 is 0.833 bits per heavy atom. The van der Waals surface area contributed by atoms with Crippen LogP contribution in [0.2, 0.25) is 0 Å². The Bertz CT molecular complexity index is 1420. The lowest BCUT2D eigenvalue weighted by Crippen LogP contribution is -2.60. The average Bonchev–Trinajstić information content (AvgIpc) is 3.59. The minimum atomic E-state index is -1.45. The van der Waals surface area contributed by atoms with E-state index in [1.165, 1.54) is 63.4 Å². The van der Waals surface area contributed by atoms with E-state index in [1.807, 2.05) is 0 Å². The van der Waals surface area contributed by atoms with E-state index in [4.69, 9.17) is 14.2 Å². The van der Waals surface area contributed by atoms with Crippen molar-refractivity contribution in [2.45, 2.75) is 220 Å². The molecule has 0 aromatic carbocycles. The monoisotopic (exact) mass is 837 g/mol. The lowest BCUT2D eigenvalue weighted by atomic mass is 9.47. The highest BCUT2D eigenvalue weighted by atomic mass is 16.7. The first-order valence-electron chi connectivity index (χ1n) is 25.0. The molecule has 3 N–H and O–H groups in total. The molecule has 7 nitrogen and oxygen atoms in total. The van der Waals surface area contributed by atoms with Crippen molar-refractivity contribution >= 4 is 5.97 Å². The largest absolute Gasteiger partial charge is 0.463 e. The van der Waals surface area contributed by atoms with Gasteiger partial charge in [-0.1, -0.05) is 129 Å². The molecular formula is C53H88O7. The van der Waals surface area contributed by atoms with Gasteiger partial charge in [-0.15, -0.1) is 0 Å². The number of aliphatic hydroxyl groups excluding tert-OH is 3. The van der Waals surface area contributed by atoms with Gasteiger partial charge in [-0.3, -0.25) is 4.79 Å². The van der Waals surface area contributed by atoms with Gasteiger partial charge in [-0.2, -0.15) is 0 Å². The number of rotatable bonds is 23. The third-order valence-electron chi connectivity index (χ3n) is 16.5. The molecule has 0 aromatic rings. The van der Waals surface area contributed by atoms with E-state index < -0.39 is 30.7 Å². The van der Waals surface area contributed by atoms with Crippen molar-refractivity contribution in [3.05, 3.63) is 48.1 Å². The van der Waals surface area contributed by atoms with E-state index in [1.54, 1.807) is 0 Å². The summed E-state index contributed by atoms with van der Waals surface area (Å²) in [6.45, 7) is 16.7. The SMILES string of the molecule is CCCCC/C=C\C/C=C\CCCCCCCC(=O)OCC1OC(OC2CCC3(C)C(=CCC4C3CCC3(C)C(C(C)/C=C/C(CC)C(C)C)CCC43)C2)C(O)C(O)C1O. The van der Waals surface area contributed by atoms with Gasteiger partial charge < -0.3 is 29.5 Å². The molecule has 60 heavy (non-hydrogen) atoms. The Morgan fingerprint density at radius 2 is 1.55 bits per heavy atom. The van der Waals surface area contributed by atoms with Crippen LogP contribution in [0.15, 0.2) is 48.1 Å². The fourth-order valence-corrected chi connectivity index (χ4v) is 12.6. The molecule has 0 spiro atoms. The molecule has 1 aliphatic heterocycles. The number of carbonyl (C=O) groups excluding carboxylic acids is 1. The lowest BCUT2D eigenvalue weighted by molar-refractivity contribution is -0.313. The van der Waals surface area contributed by atoms with E-state index in [-0.39, 0.29) is 24.1 Å². The summed E-state index contributed by atoms with van der Waals surface area (Å²) in [6, 6.07) is 0. The van der Waals surface area contributed by atoms with Crippen molar-refractivity contribution in [1.29, 1.82) is 0 Å². The first-order valence-corrected chi connectivity index (χ1v) is 25.0. The van der Waals surface area contributed by atoms with Gasteiger partial charge in [0, 0.05) is 6.42 Å². The molecule has 5 rings (SSSR count). The Morgan fingerprint density at radius 3 is 2.27 bits per heavy atom. The second-order valence-electron chi connectivity index (χ2n) is 20.7. The van der Waals surface area contributed by atoms with Crippen molar-refractivity contribution in [2.75, 3.05) is 6.61 Å². The molecule has 4 aliphatic carbocycles. The van der Waals surface area contributed by atoms with Crippen LogP contribution < -0.4 is 0 Å². The van der Waals surface area contributed by atoms with Crippen molar-refractivity contribution in [3.63, 3.8) is 0 Å². The summed E-state index contributed by atoms with van der Waals surface area (Å²) in [5.74, 6) is 4.58. The summed E-state index contributed by atoms with van der Waals surface area (Å²) < 4.78 is 18.0. The van der Waals surface area contributed by atoms with Gasteiger partial charge in [0.15, 0.2) is 6.29 Å². The number of allylic oxidation sites excluding steroid dienone is 7. The normalized spacial score (nSPS) is 36.7. The zero-order valence-electron chi connectivity index (χ0n) is 39.1. The predicted octanol–water partition coefficient (Wildman–Crippen LogP) is 12.0. The number of esters is 1. The molecule has 0 aromatic heterocycles. The minimum absolute atomic E-state index is 0.153. The molecule has 0 radical (unpaired) electrons. The van der Waals surface area contributed by atoms with Crippen LogP contribution in [0.4, 0.5) is 0 Å². The highest BCUT2D eigenvalue weighted by molar-refractivity contribution is 5.69. The third kappa shape index (κ3) is 12.5. The van der Waals surface area contributed by atoms with Crippen LogP contribution in [0.1, 0.15) is 183 Å². The van der Waals surface area contributed by atoms with E-state index in [0.29, 0.717) is 35.5 Å². The maximum atomic E-state index is 12.6. The number of fused-ring (bicyclic) bond motifs is 5. The van der Waals surface area contributed by atoms with E-state index >= 15 is 0 Å². The molecule has 4 fully saturated rings. The zero-order valence-corrected chi connectivity index (χ0v) is 39.1. The first-order chi connectivity index (χ1) is 28.8. The summed E-state index contributed by atoms with van der Waals surface area (Å²) in [5.41, 5.74) is 2.04. The second-order valence-corrected chi connectivity index (χ2v) is 20.7. The molecule has 14 atom stereocenters. The van der Waals surface area contributed by atoms with Gasteiger partial charge in [0.25, 0.3) is 0 Å². The highest BCUT2D eigenvalue weighted by Gasteiger charge is 2.59. The van der Waals surface area contributed by atoms with Crippen molar-refractivity contribution in [1.82, 2.24) is 0 Å². The lowest BCUT2D eigenvalue weighted by Gasteiger charge is -2.58. The number of ether oxygens (including phenoxy) is 3. The van der Waals surface area contributed by atoms with Crippen LogP contribution >= 0.6 is 0 Å². The number of unbranched alkanes of at least 4 members (excludes halogenated alkanes) is 8. The van der Waals surface area contributed by atoms with Crippen LogP contribution in [0.3, 0.4) is 0 Å². The van der Waals surface area contributed by atoms with Gasteiger partial charge in [0.1, 0.15) is 31.0 Å². The second kappa shape index (κ2) is 23.8. The van der Waals surface area contributed by atoms with E-state index in [0.717, 1.165) is 88.4 Å². The fraction of sp³-hybridized carbons (Fsp3) is 0.830. The molecule has 1 heterocycles. The van der Waals surface area contributed by atoms with Crippen LogP contribution in [0.25, 0.3) is 0 Å². The standard InChI is InChI=1S/C53H88O7/c1-8-10-11-12-13-14-15-16-17-18-19-20-21-22-23-24-47(54)58-36-46-48(55)49(56)50(57)51(60-46)59-41-31-33-52(6)40(35-41)27-28-42-44-30-29-43(53(44,7)34-32-45(42)52)38(5)25-26-39(9-2)37(3)4/h13-14,16-17,25-27,37-39,41-46,48-51,55-57H,8-12,15,18-24,28-36H2,1-7H3/b14-13-,17-16-,26-25+. The van der Waals surface area contributed by atoms with Crippen LogP contribution in [0, 0.1) is 52.3 Å². The van der Waals surface area contributed by atoms with Crippen molar-refractivity contribution < 1.29 is 34.3 Å². The molecule has 14 unspecified atom stereocenters. The maximum Gasteiger partial charge on any atom is 0.305 e. The van der Waals surface area contributed by atoms with Crippen LogP contribution in [0.5, 0.6) is 0 Å².